The predicted molar refractivity (Wildman–Crippen MR) is 64.4 cm³/mol. The van der Waals surface area contributed by atoms with Gasteiger partial charge in [-0.05, 0) is 37.6 Å². The van der Waals surface area contributed by atoms with Crippen LogP contribution in [0, 0.1) is 5.82 Å². The minimum atomic E-state index is -0.369. The Bertz CT molecular complexity index is 402. The van der Waals surface area contributed by atoms with Crippen molar-refractivity contribution < 1.29 is 9.18 Å². The molecule has 1 fully saturated rings. The van der Waals surface area contributed by atoms with E-state index in [1.165, 1.54) is 12.1 Å². The number of nitrogens with one attached hydrogen (secondary N) is 1. The van der Waals surface area contributed by atoms with Crippen LogP contribution in [0.5, 0.6) is 0 Å². The van der Waals surface area contributed by atoms with Gasteiger partial charge in [-0.1, -0.05) is 6.07 Å². The number of amides is 1. The summed E-state index contributed by atoms with van der Waals surface area (Å²) >= 11 is 0. The Labute approximate surface area is 101 Å². The zero-order valence-corrected chi connectivity index (χ0v) is 9.95. The molecule has 1 atom stereocenters. The number of likely N-dealkylation sites (N-methyl/N-ethyl adjacent to an activating group) is 1. The first-order valence-corrected chi connectivity index (χ1v) is 5.92. The fourth-order valence-electron chi connectivity index (χ4n) is 2.15. The number of carbonyl (C=O) groups excluding carboxylic acids is 1. The van der Waals surface area contributed by atoms with E-state index in [4.69, 9.17) is 0 Å². The molecule has 1 N–H and O–H groups in total. The maximum Gasteiger partial charge on any atom is 0.253 e. The van der Waals surface area contributed by atoms with Gasteiger partial charge in [0.1, 0.15) is 5.82 Å². The summed E-state index contributed by atoms with van der Waals surface area (Å²) < 4.78 is 13.1. The molecule has 1 aromatic carbocycles. The first kappa shape index (κ1) is 12.0. The average molecular weight is 236 g/mol. The number of benzene rings is 1. The van der Waals surface area contributed by atoms with Gasteiger partial charge in [-0.15, -0.1) is 0 Å². The third kappa shape index (κ3) is 2.82. The lowest BCUT2D eigenvalue weighted by Crippen LogP contribution is -2.46. The molecule has 0 spiro atoms. The quantitative estimate of drug-likeness (QED) is 0.846. The monoisotopic (exact) mass is 236 g/mol. The summed E-state index contributed by atoms with van der Waals surface area (Å²) in [5.41, 5.74) is 0.415. The van der Waals surface area contributed by atoms with E-state index >= 15 is 0 Å². The van der Waals surface area contributed by atoms with Crippen LogP contribution in [0.1, 0.15) is 23.2 Å². The van der Waals surface area contributed by atoms with E-state index in [-0.39, 0.29) is 17.8 Å². The summed E-state index contributed by atoms with van der Waals surface area (Å²) in [6, 6.07) is 6.06. The Morgan fingerprint density at radius 2 is 2.35 bits per heavy atom. The normalized spacial score (nSPS) is 20.0. The van der Waals surface area contributed by atoms with Crippen molar-refractivity contribution in [2.45, 2.75) is 18.9 Å². The van der Waals surface area contributed by atoms with E-state index in [0.717, 1.165) is 25.9 Å². The van der Waals surface area contributed by atoms with Crippen LogP contribution < -0.4 is 5.32 Å². The van der Waals surface area contributed by atoms with Crippen molar-refractivity contribution in [1.82, 2.24) is 10.2 Å². The molecule has 3 nitrogen and oxygen atoms in total. The molecule has 1 aliphatic rings. The largest absolute Gasteiger partial charge is 0.337 e. The van der Waals surface area contributed by atoms with Gasteiger partial charge in [0.05, 0.1) is 0 Å². The second-order valence-electron chi connectivity index (χ2n) is 4.43. The molecule has 0 aliphatic carbocycles. The topological polar surface area (TPSA) is 32.3 Å². The van der Waals surface area contributed by atoms with Crippen molar-refractivity contribution in [2.75, 3.05) is 20.1 Å². The molecule has 1 aliphatic heterocycles. The molecule has 1 heterocycles. The third-order valence-electron chi connectivity index (χ3n) is 3.21. The summed E-state index contributed by atoms with van der Waals surface area (Å²) in [6.07, 6.45) is 2.08. The van der Waals surface area contributed by atoms with Crippen molar-refractivity contribution in [1.29, 1.82) is 0 Å². The molecule has 0 unspecified atom stereocenters. The number of hydrogen-bond donors (Lipinski definition) is 1. The van der Waals surface area contributed by atoms with Crippen molar-refractivity contribution in [2.24, 2.45) is 0 Å². The zero-order valence-electron chi connectivity index (χ0n) is 9.95. The van der Waals surface area contributed by atoms with Gasteiger partial charge in [-0.2, -0.15) is 0 Å². The SMILES string of the molecule is CN(C(=O)c1cccc(F)c1)[C@H]1CCCNC1. The molecule has 0 saturated carbocycles. The molecule has 0 aromatic heterocycles. The van der Waals surface area contributed by atoms with Crippen LogP contribution in [-0.4, -0.2) is 37.0 Å². The van der Waals surface area contributed by atoms with Gasteiger partial charge in [0.2, 0.25) is 0 Å². The van der Waals surface area contributed by atoms with E-state index in [0.29, 0.717) is 5.56 Å². The second kappa shape index (κ2) is 5.27. The Balaban J connectivity index is 2.08. The van der Waals surface area contributed by atoms with Crippen molar-refractivity contribution in [3.05, 3.63) is 35.6 Å². The Morgan fingerprint density at radius 3 is 3.00 bits per heavy atom. The Morgan fingerprint density at radius 1 is 1.53 bits per heavy atom. The molecular weight excluding hydrogens is 219 g/mol. The Kier molecular flexibility index (Phi) is 3.74. The minimum absolute atomic E-state index is 0.113. The number of halogens is 1. The van der Waals surface area contributed by atoms with E-state index in [2.05, 4.69) is 5.32 Å². The molecule has 92 valence electrons. The highest BCUT2D eigenvalue weighted by Crippen LogP contribution is 2.13. The molecule has 0 radical (unpaired) electrons. The van der Waals surface area contributed by atoms with Crippen LogP contribution in [-0.2, 0) is 0 Å². The third-order valence-corrected chi connectivity index (χ3v) is 3.21. The van der Waals surface area contributed by atoms with Crippen molar-refractivity contribution >= 4 is 5.91 Å². The van der Waals surface area contributed by atoms with E-state index in [1.807, 2.05) is 0 Å². The summed E-state index contributed by atoms with van der Waals surface area (Å²) in [4.78, 5) is 13.8. The fourth-order valence-corrected chi connectivity index (χ4v) is 2.15. The van der Waals surface area contributed by atoms with Crippen molar-refractivity contribution in [3.8, 4) is 0 Å². The summed E-state index contributed by atoms with van der Waals surface area (Å²) in [5, 5.41) is 3.27. The lowest BCUT2D eigenvalue weighted by atomic mass is 10.1. The second-order valence-corrected chi connectivity index (χ2v) is 4.43. The van der Waals surface area contributed by atoms with Gasteiger partial charge < -0.3 is 10.2 Å². The lowest BCUT2D eigenvalue weighted by molar-refractivity contribution is 0.0708. The van der Waals surface area contributed by atoms with Crippen LogP contribution in [0.25, 0.3) is 0 Å². The number of nitrogens with zero attached hydrogens (tertiary/aromatic N) is 1. The number of carbonyl (C=O) groups is 1. The highest BCUT2D eigenvalue weighted by Gasteiger charge is 2.22. The zero-order chi connectivity index (χ0) is 12.3. The van der Waals surface area contributed by atoms with Gasteiger partial charge in [-0.3, -0.25) is 4.79 Å². The van der Waals surface area contributed by atoms with Crippen LogP contribution in [0.3, 0.4) is 0 Å². The standard InChI is InChI=1S/C13H17FN2O/c1-16(12-6-3-7-15-9-12)13(17)10-4-2-5-11(14)8-10/h2,4-5,8,12,15H,3,6-7,9H2,1H3/t12-/m0/s1. The molecule has 0 bridgehead atoms. The van der Waals surface area contributed by atoms with Gasteiger partial charge in [0.25, 0.3) is 5.91 Å². The summed E-state index contributed by atoms with van der Waals surface area (Å²) in [6.45, 7) is 1.83. The van der Waals surface area contributed by atoms with Crippen LogP contribution in [0.15, 0.2) is 24.3 Å². The average Bonchev–Trinajstić information content (AvgIpc) is 2.38. The molecular formula is C13H17FN2O. The molecule has 1 saturated heterocycles. The maximum atomic E-state index is 13.1. The van der Waals surface area contributed by atoms with Crippen LogP contribution in [0.2, 0.25) is 0 Å². The molecule has 17 heavy (non-hydrogen) atoms. The van der Waals surface area contributed by atoms with Gasteiger partial charge in [-0.25, -0.2) is 4.39 Å². The van der Waals surface area contributed by atoms with Crippen LogP contribution in [0.4, 0.5) is 4.39 Å². The highest BCUT2D eigenvalue weighted by molar-refractivity contribution is 5.94. The van der Waals surface area contributed by atoms with Gasteiger partial charge in [0.15, 0.2) is 0 Å². The van der Waals surface area contributed by atoms with E-state index < -0.39 is 0 Å². The minimum Gasteiger partial charge on any atom is -0.337 e. The van der Waals surface area contributed by atoms with E-state index in [9.17, 15) is 9.18 Å². The fraction of sp³-hybridized carbons (Fsp3) is 0.462. The van der Waals surface area contributed by atoms with Gasteiger partial charge >= 0.3 is 0 Å². The van der Waals surface area contributed by atoms with Gasteiger partial charge in [0, 0.05) is 25.2 Å². The molecule has 1 amide bonds. The summed E-state index contributed by atoms with van der Waals surface area (Å²) in [5.74, 6) is -0.482. The first-order chi connectivity index (χ1) is 8.18. The maximum absolute atomic E-state index is 13.1. The number of rotatable bonds is 2. The molecule has 1 aromatic rings. The van der Waals surface area contributed by atoms with Crippen LogP contribution >= 0.6 is 0 Å². The molecule has 2 rings (SSSR count). The van der Waals surface area contributed by atoms with E-state index in [1.54, 1.807) is 24.1 Å². The number of piperidine rings is 1. The van der Waals surface area contributed by atoms with Crippen molar-refractivity contribution in [3.63, 3.8) is 0 Å². The Hall–Kier alpha value is -1.42. The number of hydrogen-bond acceptors (Lipinski definition) is 2. The highest BCUT2D eigenvalue weighted by atomic mass is 19.1. The lowest BCUT2D eigenvalue weighted by Gasteiger charge is -2.31. The molecule has 4 heteroatoms. The summed E-state index contributed by atoms with van der Waals surface area (Å²) in [7, 11) is 1.78. The first-order valence-electron chi connectivity index (χ1n) is 5.92. The predicted octanol–water partition coefficient (Wildman–Crippen LogP) is 1.65. The smallest absolute Gasteiger partial charge is 0.253 e.